The summed E-state index contributed by atoms with van der Waals surface area (Å²) in [5.74, 6) is -0.408. The summed E-state index contributed by atoms with van der Waals surface area (Å²) in [5, 5.41) is 17.1. The molecule has 0 saturated carbocycles. The van der Waals surface area contributed by atoms with Gasteiger partial charge >= 0.3 is 0 Å². The molecular weight excluding hydrogens is 250 g/mol. The minimum Gasteiger partial charge on any atom is -0.393 e. The molecule has 0 saturated heterocycles. The largest absolute Gasteiger partial charge is 0.393 e. The van der Waals surface area contributed by atoms with E-state index in [4.69, 9.17) is 5.73 Å². The summed E-state index contributed by atoms with van der Waals surface area (Å²) in [6, 6.07) is 3.82. The van der Waals surface area contributed by atoms with Crippen molar-refractivity contribution in [1.82, 2.24) is 9.78 Å². The molecule has 1 aromatic carbocycles. The fraction of sp³-hybridized carbons (Fsp3) is 0.0909. The molecule has 0 unspecified atom stereocenters. The van der Waals surface area contributed by atoms with E-state index < -0.39 is 10.8 Å². The lowest BCUT2D eigenvalue weighted by Crippen LogP contribution is -2.12. The van der Waals surface area contributed by atoms with Crippen LogP contribution in [0.25, 0.3) is 0 Å². The van der Waals surface area contributed by atoms with Gasteiger partial charge in [-0.1, -0.05) is 0 Å². The molecule has 0 fully saturated rings. The van der Waals surface area contributed by atoms with E-state index in [-0.39, 0.29) is 16.9 Å². The number of nitrogens with one attached hydrogen (secondary N) is 1. The molecule has 8 heteroatoms. The smallest absolute Gasteiger partial charge is 0.292 e. The Morgan fingerprint density at radius 1 is 1.53 bits per heavy atom. The minimum absolute atomic E-state index is 0.0520. The van der Waals surface area contributed by atoms with E-state index in [2.05, 4.69) is 10.4 Å². The second-order valence-corrected chi connectivity index (χ2v) is 3.89. The molecular formula is C11H11N5O3. The average molecular weight is 261 g/mol. The Morgan fingerprint density at radius 3 is 2.79 bits per heavy atom. The summed E-state index contributed by atoms with van der Waals surface area (Å²) in [5.41, 5.74) is 6.02. The van der Waals surface area contributed by atoms with Crippen LogP contribution in [0.5, 0.6) is 0 Å². The lowest BCUT2D eigenvalue weighted by atomic mass is 10.1. The second-order valence-electron chi connectivity index (χ2n) is 3.89. The summed E-state index contributed by atoms with van der Waals surface area (Å²) in [6.45, 7) is 0. The number of aryl methyl sites for hydroxylation is 1. The number of anilines is 2. The summed E-state index contributed by atoms with van der Waals surface area (Å²) in [7, 11) is 1.72. The fourth-order valence-electron chi connectivity index (χ4n) is 1.55. The molecule has 2 rings (SSSR count). The topological polar surface area (TPSA) is 116 Å². The van der Waals surface area contributed by atoms with Crippen molar-refractivity contribution >= 4 is 23.0 Å². The van der Waals surface area contributed by atoms with Gasteiger partial charge in [-0.2, -0.15) is 5.10 Å². The second kappa shape index (κ2) is 4.77. The highest BCUT2D eigenvalue weighted by Gasteiger charge is 2.14. The van der Waals surface area contributed by atoms with E-state index in [0.717, 1.165) is 0 Å². The number of nitrogen functional groups attached to an aromatic ring is 1. The third kappa shape index (κ3) is 2.68. The molecule has 0 radical (unpaired) electrons. The van der Waals surface area contributed by atoms with Crippen molar-refractivity contribution in [2.24, 2.45) is 7.05 Å². The lowest BCUT2D eigenvalue weighted by Gasteiger charge is -2.03. The van der Waals surface area contributed by atoms with Crippen LogP contribution in [0, 0.1) is 10.1 Å². The first kappa shape index (κ1) is 12.6. The fourth-order valence-corrected chi connectivity index (χ4v) is 1.55. The number of carbonyl (C=O) groups excluding carboxylic acids is 1. The molecule has 19 heavy (non-hydrogen) atoms. The van der Waals surface area contributed by atoms with Crippen LogP contribution in [0.1, 0.15) is 10.4 Å². The molecule has 98 valence electrons. The average Bonchev–Trinajstić information content (AvgIpc) is 2.74. The zero-order chi connectivity index (χ0) is 14.0. The Kier molecular flexibility index (Phi) is 3.15. The normalized spacial score (nSPS) is 10.2. The number of benzene rings is 1. The highest BCUT2D eigenvalue weighted by Crippen LogP contribution is 2.22. The van der Waals surface area contributed by atoms with E-state index in [0.29, 0.717) is 5.69 Å². The summed E-state index contributed by atoms with van der Waals surface area (Å²) in [6.07, 6.45) is 3.12. The van der Waals surface area contributed by atoms with Crippen molar-refractivity contribution in [2.45, 2.75) is 0 Å². The summed E-state index contributed by atoms with van der Waals surface area (Å²) < 4.78 is 1.54. The van der Waals surface area contributed by atoms with Gasteiger partial charge in [0.25, 0.3) is 11.6 Å². The molecule has 3 N–H and O–H groups in total. The Labute approximate surface area is 108 Å². The number of carbonyl (C=O) groups is 1. The van der Waals surface area contributed by atoms with Crippen molar-refractivity contribution in [2.75, 3.05) is 11.1 Å². The van der Waals surface area contributed by atoms with Crippen LogP contribution in [0.15, 0.2) is 30.6 Å². The van der Waals surface area contributed by atoms with E-state index in [9.17, 15) is 14.9 Å². The molecule has 0 aliphatic rings. The maximum atomic E-state index is 11.9. The lowest BCUT2D eigenvalue weighted by molar-refractivity contribution is -0.383. The third-order valence-corrected chi connectivity index (χ3v) is 2.45. The third-order valence-electron chi connectivity index (χ3n) is 2.45. The number of nitrogens with zero attached hydrogens (tertiary/aromatic N) is 3. The number of rotatable bonds is 3. The molecule has 0 spiro atoms. The summed E-state index contributed by atoms with van der Waals surface area (Å²) >= 11 is 0. The predicted octanol–water partition coefficient (Wildman–Crippen LogP) is 1.16. The number of amides is 1. The van der Waals surface area contributed by atoms with Crippen molar-refractivity contribution in [3.8, 4) is 0 Å². The Bertz CT molecular complexity index is 650. The predicted molar refractivity (Wildman–Crippen MR) is 68.7 cm³/mol. The minimum atomic E-state index is -0.599. The Hall–Kier alpha value is -2.90. The molecule has 1 heterocycles. The van der Waals surface area contributed by atoms with Gasteiger partial charge < -0.3 is 11.1 Å². The van der Waals surface area contributed by atoms with Crippen molar-refractivity contribution < 1.29 is 9.72 Å². The zero-order valence-electron chi connectivity index (χ0n) is 10.0. The first-order valence-electron chi connectivity index (χ1n) is 5.31. The maximum Gasteiger partial charge on any atom is 0.292 e. The van der Waals surface area contributed by atoms with E-state index in [1.54, 1.807) is 17.9 Å². The SMILES string of the molecule is Cn1cc(NC(=O)c2ccc([N+](=O)[O-])c(N)c2)cn1. The number of hydrogen-bond acceptors (Lipinski definition) is 5. The van der Waals surface area contributed by atoms with E-state index >= 15 is 0 Å². The van der Waals surface area contributed by atoms with Gasteiger partial charge in [0.2, 0.25) is 0 Å². The molecule has 1 amide bonds. The molecule has 2 aromatic rings. The van der Waals surface area contributed by atoms with Crippen molar-refractivity contribution in [1.29, 1.82) is 0 Å². The molecule has 0 aliphatic heterocycles. The summed E-state index contributed by atoms with van der Waals surface area (Å²) in [4.78, 5) is 21.9. The van der Waals surface area contributed by atoms with Gasteiger partial charge in [0.1, 0.15) is 5.69 Å². The molecule has 8 nitrogen and oxygen atoms in total. The van der Waals surface area contributed by atoms with Crippen LogP contribution in [0.3, 0.4) is 0 Å². The van der Waals surface area contributed by atoms with E-state index in [1.807, 2.05) is 0 Å². The van der Waals surface area contributed by atoms with Gasteiger partial charge in [-0.25, -0.2) is 0 Å². The van der Waals surface area contributed by atoms with Gasteiger partial charge in [0.15, 0.2) is 0 Å². The number of nitro benzene ring substituents is 1. The first-order valence-corrected chi connectivity index (χ1v) is 5.31. The van der Waals surface area contributed by atoms with Gasteiger partial charge in [-0.05, 0) is 12.1 Å². The number of hydrogen-bond donors (Lipinski definition) is 2. The quantitative estimate of drug-likeness (QED) is 0.488. The number of aromatic nitrogens is 2. The zero-order valence-corrected chi connectivity index (χ0v) is 10.0. The van der Waals surface area contributed by atoms with Gasteiger partial charge in [-0.3, -0.25) is 19.6 Å². The number of nitrogens with two attached hydrogens (primary N) is 1. The van der Waals surface area contributed by atoms with Crippen LogP contribution < -0.4 is 11.1 Å². The van der Waals surface area contributed by atoms with Gasteiger partial charge in [0.05, 0.1) is 16.8 Å². The first-order chi connectivity index (χ1) is 8.97. The van der Waals surface area contributed by atoms with Crippen LogP contribution >= 0.6 is 0 Å². The van der Waals surface area contributed by atoms with Crippen molar-refractivity contribution in [3.05, 3.63) is 46.3 Å². The van der Waals surface area contributed by atoms with E-state index in [1.165, 1.54) is 24.4 Å². The standard InChI is InChI=1S/C11H11N5O3/c1-15-6-8(5-13-15)14-11(17)7-2-3-10(16(18)19)9(12)4-7/h2-6H,12H2,1H3,(H,14,17). The molecule has 0 aliphatic carbocycles. The monoisotopic (exact) mass is 261 g/mol. The van der Waals surface area contributed by atoms with Gasteiger partial charge in [-0.15, -0.1) is 0 Å². The van der Waals surface area contributed by atoms with Crippen LogP contribution in [-0.4, -0.2) is 20.6 Å². The molecule has 0 atom stereocenters. The highest BCUT2D eigenvalue weighted by atomic mass is 16.6. The van der Waals surface area contributed by atoms with Crippen LogP contribution in [0.4, 0.5) is 17.1 Å². The van der Waals surface area contributed by atoms with Crippen molar-refractivity contribution in [3.63, 3.8) is 0 Å². The Morgan fingerprint density at radius 2 is 2.26 bits per heavy atom. The highest BCUT2D eigenvalue weighted by molar-refractivity contribution is 6.05. The Balaban J connectivity index is 2.20. The van der Waals surface area contributed by atoms with Crippen LogP contribution in [0.2, 0.25) is 0 Å². The van der Waals surface area contributed by atoms with Crippen LogP contribution in [-0.2, 0) is 7.05 Å². The molecule has 0 bridgehead atoms. The number of nitro groups is 1. The molecule has 1 aromatic heterocycles. The van der Waals surface area contributed by atoms with Gasteiger partial charge in [0, 0.05) is 24.9 Å². The maximum absolute atomic E-state index is 11.9.